The zero-order valence-electron chi connectivity index (χ0n) is 12.7. The lowest BCUT2D eigenvalue weighted by Crippen LogP contribution is -2.45. The Labute approximate surface area is 121 Å². The van der Waals surface area contributed by atoms with Crippen molar-refractivity contribution in [1.82, 2.24) is 10.2 Å². The average Bonchev–Trinajstić information content (AvgIpc) is 2.32. The number of aliphatic carboxylic acids is 1. The maximum atomic E-state index is 12.1. The number of nitrogens with one attached hydrogen (secondary N) is 1. The molecule has 1 aliphatic rings. The summed E-state index contributed by atoms with van der Waals surface area (Å²) in [7, 11) is 0. The second-order valence-electron chi connectivity index (χ2n) is 6.05. The molecule has 1 fully saturated rings. The second-order valence-corrected chi connectivity index (χ2v) is 6.05. The van der Waals surface area contributed by atoms with Crippen LogP contribution in [0.2, 0.25) is 0 Å². The number of carbonyl (C=O) groups excluding carboxylic acids is 1. The fourth-order valence-corrected chi connectivity index (χ4v) is 2.56. The normalized spacial score (nSPS) is 18.4. The molecule has 1 unspecified atom stereocenters. The predicted molar refractivity (Wildman–Crippen MR) is 78.5 cm³/mol. The molecule has 0 aromatic heterocycles. The van der Waals surface area contributed by atoms with Crippen LogP contribution in [0.4, 0.5) is 0 Å². The number of rotatable bonds is 6. The summed E-state index contributed by atoms with van der Waals surface area (Å²) >= 11 is 0. The largest absolute Gasteiger partial charge is 0.480 e. The molecular formula is C15H28N2O3. The Morgan fingerprint density at radius 1 is 1.10 bits per heavy atom. The molecule has 5 nitrogen and oxygen atoms in total. The van der Waals surface area contributed by atoms with E-state index in [9.17, 15) is 9.59 Å². The van der Waals surface area contributed by atoms with E-state index < -0.39 is 12.0 Å². The number of carboxylic acids is 1. The molecule has 1 amide bonds. The van der Waals surface area contributed by atoms with Crippen LogP contribution >= 0.6 is 0 Å². The van der Waals surface area contributed by atoms with E-state index in [4.69, 9.17) is 5.11 Å². The minimum atomic E-state index is -0.876. The lowest BCUT2D eigenvalue weighted by Gasteiger charge is -2.26. The Morgan fingerprint density at radius 2 is 1.65 bits per heavy atom. The van der Waals surface area contributed by atoms with Gasteiger partial charge in [0.15, 0.2) is 0 Å². The standard InChI is InChI=1S/C15H28N2O3/c1-12(2)10-13(15(19)20)16-11-14(18)17-8-6-4-3-5-7-9-17/h12-13,16H,3-11H2,1-2H3,(H,19,20). The first-order valence-corrected chi connectivity index (χ1v) is 7.74. The van der Waals surface area contributed by atoms with E-state index in [1.165, 1.54) is 19.3 Å². The fourth-order valence-electron chi connectivity index (χ4n) is 2.56. The second kappa shape index (κ2) is 8.95. The van der Waals surface area contributed by atoms with E-state index in [2.05, 4.69) is 5.32 Å². The van der Waals surface area contributed by atoms with Gasteiger partial charge in [0.05, 0.1) is 6.54 Å². The minimum Gasteiger partial charge on any atom is -0.480 e. The maximum Gasteiger partial charge on any atom is 0.320 e. The molecule has 116 valence electrons. The topological polar surface area (TPSA) is 69.6 Å². The van der Waals surface area contributed by atoms with Crippen molar-refractivity contribution in [3.63, 3.8) is 0 Å². The van der Waals surface area contributed by atoms with E-state index in [0.29, 0.717) is 12.3 Å². The van der Waals surface area contributed by atoms with Gasteiger partial charge in [-0.15, -0.1) is 0 Å². The first-order chi connectivity index (χ1) is 9.50. The van der Waals surface area contributed by atoms with Crippen LogP contribution < -0.4 is 5.32 Å². The number of hydrogen-bond donors (Lipinski definition) is 2. The van der Waals surface area contributed by atoms with Gasteiger partial charge in [0.25, 0.3) is 0 Å². The van der Waals surface area contributed by atoms with Gasteiger partial charge in [-0.2, -0.15) is 0 Å². The van der Waals surface area contributed by atoms with Crippen LogP contribution in [0.15, 0.2) is 0 Å². The number of carboxylic acid groups (broad SMARTS) is 1. The Morgan fingerprint density at radius 3 is 2.15 bits per heavy atom. The van der Waals surface area contributed by atoms with Crippen LogP contribution in [0.3, 0.4) is 0 Å². The molecule has 1 aliphatic heterocycles. The summed E-state index contributed by atoms with van der Waals surface area (Å²) in [5, 5.41) is 12.0. The fraction of sp³-hybridized carbons (Fsp3) is 0.867. The van der Waals surface area contributed by atoms with Gasteiger partial charge in [-0.1, -0.05) is 33.1 Å². The highest BCUT2D eigenvalue weighted by Crippen LogP contribution is 2.10. The molecule has 20 heavy (non-hydrogen) atoms. The zero-order chi connectivity index (χ0) is 15.0. The summed E-state index contributed by atoms with van der Waals surface area (Å²) in [6.07, 6.45) is 6.28. The molecule has 0 aliphatic carbocycles. The van der Waals surface area contributed by atoms with Crippen LogP contribution in [0, 0.1) is 5.92 Å². The third kappa shape index (κ3) is 6.37. The molecule has 5 heteroatoms. The molecule has 1 saturated heterocycles. The Hall–Kier alpha value is -1.10. The first-order valence-electron chi connectivity index (χ1n) is 7.74. The van der Waals surface area contributed by atoms with Gasteiger partial charge in [0, 0.05) is 13.1 Å². The molecule has 1 atom stereocenters. The van der Waals surface area contributed by atoms with Crippen LogP contribution in [-0.4, -0.2) is 47.6 Å². The molecular weight excluding hydrogens is 256 g/mol. The lowest BCUT2D eigenvalue weighted by molar-refractivity contribution is -0.140. The highest BCUT2D eigenvalue weighted by atomic mass is 16.4. The number of nitrogens with zero attached hydrogens (tertiary/aromatic N) is 1. The lowest BCUT2D eigenvalue weighted by atomic mass is 10.0. The van der Waals surface area contributed by atoms with Crippen molar-refractivity contribution in [3.8, 4) is 0 Å². The van der Waals surface area contributed by atoms with Gasteiger partial charge >= 0.3 is 5.97 Å². The monoisotopic (exact) mass is 284 g/mol. The van der Waals surface area contributed by atoms with Gasteiger partial charge in [-0.3, -0.25) is 14.9 Å². The van der Waals surface area contributed by atoms with Crippen molar-refractivity contribution >= 4 is 11.9 Å². The van der Waals surface area contributed by atoms with Gasteiger partial charge in [0.1, 0.15) is 6.04 Å². The molecule has 0 spiro atoms. The summed E-state index contributed by atoms with van der Waals surface area (Å²) in [6, 6.07) is -0.631. The molecule has 0 bridgehead atoms. The first kappa shape index (κ1) is 17.0. The van der Waals surface area contributed by atoms with Crippen molar-refractivity contribution < 1.29 is 14.7 Å². The molecule has 0 saturated carbocycles. The van der Waals surface area contributed by atoms with Crippen molar-refractivity contribution in [3.05, 3.63) is 0 Å². The third-order valence-electron chi connectivity index (χ3n) is 3.71. The molecule has 0 radical (unpaired) electrons. The average molecular weight is 284 g/mol. The SMILES string of the molecule is CC(C)CC(NCC(=O)N1CCCCCCC1)C(=O)O. The quantitative estimate of drug-likeness (QED) is 0.781. The highest BCUT2D eigenvalue weighted by Gasteiger charge is 2.21. The molecule has 1 rings (SSSR count). The van der Waals surface area contributed by atoms with Gasteiger partial charge in [-0.25, -0.2) is 0 Å². The summed E-state index contributed by atoms with van der Waals surface area (Å²) in [6.45, 7) is 5.71. The Balaban J connectivity index is 2.40. The Kier molecular flexibility index (Phi) is 7.59. The van der Waals surface area contributed by atoms with Crippen molar-refractivity contribution in [2.24, 2.45) is 5.92 Å². The van der Waals surface area contributed by atoms with Gasteiger partial charge < -0.3 is 10.0 Å². The van der Waals surface area contributed by atoms with Crippen LogP contribution in [0.1, 0.15) is 52.4 Å². The van der Waals surface area contributed by atoms with Crippen molar-refractivity contribution in [2.45, 2.75) is 58.4 Å². The minimum absolute atomic E-state index is 0.0295. The predicted octanol–water partition coefficient (Wildman–Crippen LogP) is 1.87. The van der Waals surface area contributed by atoms with Crippen molar-refractivity contribution in [1.29, 1.82) is 0 Å². The van der Waals surface area contributed by atoms with E-state index in [0.717, 1.165) is 25.9 Å². The third-order valence-corrected chi connectivity index (χ3v) is 3.71. The zero-order valence-corrected chi connectivity index (χ0v) is 12.7. The van der Waals surface area contributed by atoms with Crippen LogP contribution in [0.25, 0.3) is 0 Å². The number of hydrogen-bond acceptors (Lipinski definition) is 3. The van der Waals surface area contributed by atoms with E-state index in [1.807, 2.05) is 18.7 Å². The van der Waals surface area contributed by atoms with E-state index >= 15 is 0 Å². The molecule has 0 aromatic rings. The smallest absolute Gasteiger partial charge is 0.320 e. The summed E-state index contributed by atoms with van der Waals surface area (Å²) in [5.41, 5.74) is 0. The Bertz CT molecular complexity index is 310. The number of amides is 1. The summed E-state index contributed by atoms with van der Waals surface area (Å²) in [5.74, 6) is -0.554. The van der Waals surface area contributed by atoms with E-state index in [1.54, 1.807) is 0 Å². The van der Waals surface area contributed by atoms with Crippen LogP contribution in [-0.2, 0) is 9.59 Å². The number of carbonyl (C=O) groups is 2. The molecule has 0 aromatic carbocycles. The van der Waals surface area contributed by atoms with Gasteiger partial charge in [0.2, 0.25) is 5.91 Å². The highest BCUT2D eigenvalue weighted by molar-refractivity contribution is 5.80. The number of likely N-dealkylation sites (tertiary alicyclic amines) is 1. The van der Waals surface area contributed by atoms with Crippen molar-refractivity contribution in [2.75, 3.05) is 19.6 Å². The van der Waals surface area contributed by atoms with Crippen LogP contribution in [0.5, 0.6) is 0 Å². The van der Waals surface area contributed by atoms with E-state index in [-0.39, 0.29) is 12.5 Å². The van der Waals surface area contributed by atoms with Gasteiger partial charge in [-0.05, 0) is 25.2 Å². The summed E-state index contributed by atoms with van der Waals surface area (Å²) in [4.78, 5) is 25.2. The molecule has 1 heterocycles. The maximum absolute atomic E-state index is 12.1. The molecule has 2 N–H and O–H groups in total. The summed E-state index contributed by atoms with van der Waals surface area (Å²) < 4.78 is 0.